The van der Waals surface area contributed by atoms with E-state index in [9.17, 15) is 48.8 Å². The minimum absolute atomic E-state index is 0.134. The van der Waals surface area contributed by atoms with Crippen molar-refractivity contribution in [2.24, 2.45) is 10.2 Å². The Morgan fingerprint density at radius 2 is 1.43 bits per heavy atom. The van der Waals surface area contributed by atoms with Gasteiger partial charge in [0.1, 0.15) is 26.1 Å². The second-order valence-corrected chi connectivity index (χ2v) is 17.0. The number of aromatic nitrogens is 3. The standard InChI is InChI=1S/C28H22Br2ClN9O11S3/c29-11-17(30)25(42)33-15-5-6-20(53(46,47)48)18(9-15)35-28-37-26(31)36-27(38-28)34-13-1-3-14(4-2-13)39-40-24-22-12(8-21(23(24)32)54(49,50)51)7-16(10-19(22)41)52(43,44)45/h1-10,17,41H,11,32H2,(H,33,42)(H,43,44,45)(H,46,47,48)(H,49,50,51)(H2,34,35,36,37,38). The normalized spacial score (nSPS) is 12.9. The summed E-state index contributed by atoms with van der Waals surface area (Å²) in [4.78, 5) is 21.6. The van der Waals surface area contributed by atoms with Gasteiger partial charge in [-0.05, 0) is 71.6 Å². The van der Waals surface area contributed by atoms with Crippen LogP contribution in [0.25, 0.3) is 10.8 Å². The van der Waals surface area contributed by atoms with E-state index < -0.39 is 72.9 Å². The van der Waals surface area contributed by atoms with Crippen molar-refractivity contribution in [3.63, 3.8) is 0 Å². The van der Waals surface area contributed by atoms with E-state index in [0.717, 1.165) is 18.2 Å². The van der Waals surface area contributed by atoms with Crippen molar-refractivity contribution >= 4 is 137 Å². The summed E-state index contributed by atoms with van der Waals surface area (Å²) in [5.41, 5.74) is 5.33. The number of azo groups is 1. The lowest BCUT2D eigenvalue weighted by molar-refractivity contribution is -0.115. The molecule has 5 rings (SSSR count). The third-order valence-electron chi connectivity index (χ3n) is 6.93. The quantitative estimate of drug-likeness (QED) is 0.0321. The number of hydrogen-bond donors (Lipinski definition) is 8. The van der Waals surface area contributed by atoms with Crippen LogP contribution in [0.4, 0.5) is 46.0 Å². The molecule has 0 aliphatic heterocycles. The van der Waals surface area contributed by atoms with Gasteiger partial charge in [-0.15, -0.1) is 5.11 Å². The van der Waals surface area contributed by atoms with E-state index in [1.165, 1.54) is 36.4 Å². The molecule has 1 atom stereocenters. The number of fused-ring (bicyclic) bond motifs is 1. The van der Waals surface area contributed by atoms with Crippen molar-refractivity contribution in [3.05, 3.63) is 65.9 Å². The fourth-order valence-corrected chi connectivity index (χ4v) is 6.97. The zero-order valence-electron chi connectivity index (χ0n) is 26.4. The van der Waals surface area contributed by atoms with Crippen LogP contribution in [0.3, 0.4) is 0 Å². The van der Waals surface area contributed by atoms with Crippen molar-refractivity contribution < 1.29 is 48.8 Å². The number of rotatable bonds is 12. The van der Waals surface area contributed by atoms with Crippen molar-refractivity contribution in [1.29, 1.82) is 0 Å². The minimum Gasteiger partial charge on any atom is -0.507 e. The monoisotopic (exact) mass is 949 g/mol. The van der Waals surface area contributed by atoms with Crippen LogP contribution in [0.2, 0.25) is 5.28 Å². The third kappa shape index (κ3) is 9.54. The van der Waals surface area contributed by atoms with E-state index in [4.69, 9.17) is 17.3 Å². The van der Waals surface area contributed by atoms with Gasteiger partial charge in [-0.3, -0.25) is 18.5 Å². The van der Waals surface area contributed by atoms with Gasteiger partial charge in [0.25, 0.3) is 30.4 Å². The van der Waals surface area contributed by atoms with Crippen molar-refractivity contribution in [2.75, 3.05) is 27.0 Å². The second kappa shape index (κ2) is 15.6. The number of nitrogen functional groups attached to an aromatic ring is 1. The van der Waals surface area contributed by atoms with E-state index in [1.807, 2.05) is 0 Å². The summed E-state index contributed by atoms with van der Waals surface area (Å²) in [5.74, 6) is -1.59. The predicted octanol–water partition coefficient (Wildman–Crippen LogP) is 5.71. The van der Waals surface area contributed by atoms with Gasteiger partial charge in [-0.25, -0.2) is 0 Å². The van der Waals surface area contributed by atoms with Gasteiger partial charge in [-0.2, -0.15) is 45.3 Å². The van der Waals surface area contributed by atoms with E-state index in [1.54, 1.807) is 0 Å². The van der Waals surface area contributed by atoms with Gasteiger partial charge < -0.3 is 26.8 Å². The Labute approximate surface area is 326 Å². The first-order chi connectivity index (χ1) is 25.1. The average molecular weight is 952 g/mol. The summed E-state index contributed by atoms with van der Waals surface area (Å²) >= 11 is 12.4. The van der Waals surface area contributed by atoms with Crippen LogP contribution >= 0.6 is 43.5 Å². The molecule has 26 heteroatoms. The average Bonchev–Trinajstić information content (AvgIpc) is 3.06. The van der Waals surface area contributed by atoms with Crippen molar-refractivity contribution in [1.82, 2.24) is 15.0 Å². The first-order valence-corrected chi connectivity index (χ1v) is 21.0. The highest BCUT2D eigenvalue weighted by Crippen LogP contribution is 2.43. The summed E-state index contributed by atoms with van der Waals surface area (Å²) < 4.78 is 100. The molecule has 1 aromatic heterocycles. The van der Waals surface area contributed by atoms with Gasteiger partial charge >= 0.3 is 0 Å². The SMILES string of the molecule is Nc1c(S(=O)(=O)O)cc2cc(S(=O)(=O)O)cc(O)c2c1N=Nc1ccc(Nc2nc(Cl)nc(Nc3cc(NC(=O)C(Br)CBr)ccc3S(=O)(=O)O)n2)cc1. The molecule has 284 valence electrons. The number of nitrogens with two attached hydrogens (primary N) is 1. The molecule has 0 bridgehead atoms. The minimum atomic E-state index is -4.98. The number of carbonyl (C=O) groups is 1. The number of nitrogens with one attached hydrogen (secondary N) is 3. The Kier molecular flexibility index (Phi) is 11.7. The number of hydrogen-bond acceptors (Lipinski definition) is 16. The molecule has 54 heavy (non-hydrogen) atoms. The van der Waals surface area contributed by atoms with E-state index in [-0.39, 0.29) is 50.3 Å². The second-order valence-electron chi connectivity index (χ2n) is 10.7. The number of anilines is 6. The van der Waals surface area contributed by atoms with Gasteiger partial charge in [0.05, 0.1) is 27.3 Å². The Morgan fingerprint density at radius 3 is 2.02 bits per heavy atom. The summed E-state index contributed by atoms with van der Waals surface area (Å²) in [7, 11) is -14.6. The molecule has 0 aliphatic carbocycles. The van der Waals surface area contributed by atoms with Crippen LogP contribution in [-0.2, 0) is 35.1 Å². The Morgan fingerprint density at radius 1 is 0.815 bits per heavy atom. The molecule has 1 amide bonds. The number of carbonyl (C=O) groups excluding carboxylic acids is 1. The molecule has 1 unspecified atom stereocenters. The molecule has 0 saturated heterocycles. The lowest BCUT2D eigenvalue weighted by Gasteiger charge is -2.14. The molecule has 0 aliphatic rings. The van der Waals surface area contributed by atoms with E-state index >= 15 is 0 Å². The van der Waals surface area contributed by atoms with Crippen LogP contribution in [0.1, 0.15) is 0 Å². The molecule has 0 fully saturated rings. The molecular weight excluding hydrogens is 930 g/mol. The number of phenolic OH excluding ortho intramolecular Hbond substituents is 1. The topological polar surface area (TPSA) is 326 Å². The fourth-order valence-electron chi connectivity index (χ4n) is 4.58. The fraction of sp³-hybridized carbons (Fsp3) is 0.0714. The zero-order chi connectivity index (χ0) is 39.7. The molecule has 4 aromatic carbocycles. The van der Waals surface area contributed by atoms with Gasteiger partial charge in [0.15, 0.2) is 0 Å². The summed E-state index contributed by atoms with van der Waals surface area (Å²) in [6.07, 6.45) is 0. The maximum atomic E-state index is 12.3. The lowest BCUT2D eigenvalue weighted by Crippen LogP contribution is -2.23. The summed E-state index contributed by atoms with van der Waals surface area (Å²) in [6, 6.07) is 11.6. The van der Waals surface area contributed by atoms with E-state index in [2.05, 4.69) is 73.0 Å². The van der Waals surface area contributed by atoms with Gasteiger partial charge in [-0.1, -0.05) is 31.9 Å². The summed E-state index contributed by atoms with van der Waals surface area (Å²) in [6.45, 7) is 0. The van der Waals surface area contributed by atoms with Gasteiger partial charge in [0.2, 0.25) is 23.1 Å². The molecular formula is C28H22Br2ClN9O11S3. The number of alkyl halides is 2. The van der Waals surface area contributed by atoms with Crippen molar-refractivity contribution in [3.8, 4) is 5.75 Å². The number of amides is 1. The first kappa shape index (κ1) is 40.6. The molecule has 0 spiro atoms. The van der Waals surface area contributed by atoms with Crippen LogP contribution < -0.4 is 21.7 Å². The van der Waals surface area contributed by atoms with E-state index in [0.29, 0.717) is 11.8 Å². The molecule has 1 heterocycles. The van der Waals surface area contributed by atoms with Crippen LogP contribution in [0.15, 0.2) is 85.6 Å². The smallest absolute Gasteiger partial charge is 0.296 e. The molecule has 0 radical (unpaired) electrons. The summed E-state index contributed by atoms with van der Waals surface area (Å²) in [5, 5.41) is 26.1. The number of benzene rings is 4. The van der Waals surface area contributed by atoms with Crippen molar-refractivity contribution in [2.45, 2.75) is 19.5 Å². The molecule has 20 nitrogen and oxygen atoms in total. The number of aromatic hydroxyl groups is 1. The lowest BCUT2D eigenvalue weighted by atomic mass is 10.1. The number of phenols is 1. The Hall–Kier alpha value is -4.60. The zero-order valence-corrected chi connectivity index (χ0v) is 32.8. The molecule has 5 aromatic rings. The largest absolute Gasteiger partial charge is 0.507 e. The van der Waals surface area contributed by atoms with Crippen LogP contribution in [0.5, 0.6) is 5.75 Å². The molecule has 9 N–H and O–H groups in total. The maximum Gasteiger partial charge on any atom is 0.296 e. The predicted molar refractivity (Wildman–Crippen MR) is 203 cm³/mol. The number of halogens is 3. The Bertz CT molecular complexity index is 2690. The third-order valence-corrected chi connectivity index (χ3v) is 12.0. The van der Waals surface area contributed by atoms with Gasteiger partial charge in [0, 0.05) is 22.8 Å². The molecule has 0 saturated carbocycles. The first-order valence-electron chi connectivity index (χ1n) is 14.3. The number of nitrogens with zero attached hydrogens (tertiary/aromatic N) is 5. The highest BCUT2D eigenvalue weighted by atomic mass is 79.9. The Balaban J connectivity index is 1.42. The van der Waals surface area contributed by atoms with Crippen LogP contribution in [0, 0.1) is 0 Å². The maximum absolute atomic E-state index is 12.3. The van der Waals surface area contributed by atoms with Crippen LogP contribution in [-0.4, -0.2) is 75.0 Å². The highest BCUT2D eigenvalue weighted by Gasteiger charge is 2.24. The highest BCUT2D eigenvalue weighted by molar-refractivity contribution is 9.12.